The molecule has 0 amide bonds. The van der Waals surface area contributed by atoms with Crippen molar-refractivity contribution < 1.29 is 0 Å². The van der Waals surface area contributed by atoms with Gasteiger partial charge >= 0.3 is 0 Å². The van der Waals surface area contributed by atoms with Crippen LogP contribution < -0.4 is 4.90 Å². The maximum atomic E-state index is 5.72. The first-order chi connectivity index (χ1) is 58.1. The number of benzene rings is 3. The van der Waals surface area contributed by atoms with Gasteiger partial charge < -0.3 is 34.8 Å². The van der Waals surface area contributed by atoms with E-state index in [0.717, 1.165) is 257 Å². The Bertz CT molecular complexity index is 6610. The van der Waals surface area contributed by atoms with E-state index in [1.807, 2.05) is 0 Å². The summed E-state index contributed by atoms with van der Waals surface area (Å²) in [5, 5.41) is 0. The van der Waals surface area contributed by atoms with Gasteiger partial charge in [0, 0.05) is 83.4 Å². The third-order valence-electron chi connectivity index (χ3n) is 28.3. The van der Waals surface area contributed by atoms with Gasteiger partial charge in [-0.3, -0.25) is 0 Å². The molecule has 18 rings (SSSR count). The van der Waals surface area contributed by atoms with Gasteiger partial charge in [-0.2, -0.15) is 0 Å². The lowest BCUT2D eigenvalue weighted by Crippen LogP contribution is -2.10. The van der Waals surface area contributed by atoms with Gasteiger partial charge in [0.25, 0.3) is 0 Å². The number of aromatic amines is 6. The lowest BCUT2D eigenvalue weighted by atomic mass is 9.96. The first kappa shape index (κ1) is 79.4. The SMILES string of the molecule is CCC1=C(C)c2cc3[nH]c(c(C)c3C)c(-c3ccc(N(c4ccc(-c5c6nc(cc7[nH]c(cc8nc(cc9[nH]c5c(C)c9C)C(C)=C8CC)c(CC)c7C)C(C)=C6C)cc4)c4ccc(-c5c6nc(cc7[nH]c(cc8nc(cc9[nH]c5c(C)c9C)C(C)=C8CC)c(CC)c7C)C(C)=C6C)cc4)cc3)c3nc(cc4[nH]c(cc1n2)c(CC)c4C)C(C)=C3C. The average molecular weight is 1590 g/mol. The molecule has 12 aromatic rings. The van der Waals surface area contributed by atoms with Crippen molar-refractivity contribution in [1.29, 1.82) is 0 Å². The molecular weight excluding hydrogens is 1480 g/mol. The number of fused-ring (bicyclic) bond motifs is 24. The smallest absolute Gasteiger partial charge is 0.0768 e. The molecule has 121 heavy (non-hydrogen) atoms. The standard InChI is InChI=1S/C108H111N13/c1-25-76-64(19)88-43-82-52(7)58(13)103(115-82)100(104-59(14)53(8)83(116-104)44-89-65(20)77(26-2)95(110-89)49-94(76)109-88)70-31-37-73(38-32-70)121(74-39-33-71(34-40-74)101-105-60(15)54(9)84(117-105)45-90-66(21)78(27-3)96(111-90)50-97-79(28-4)67(22)91(112-97)46-85-55(10)61(16)106(101)118-85)75-41-35-72(36-42-75)102-107-62(17)56(11)86(119-107)47-92-68(23)80(29-5)98(113-92)51-99-81(30-6)69(24)93(114-99)48-87-57(12)63(18)108(102)120-87/h31-51,109,111,113,116,118,120H,25-30H2,1-24H3. The molecule has 0 radical (unpaired) electrons. The molecule has 0 fully saturated rings. The summed E-state index contributed by atoms with van der Waals surface area (Å²) >= 11 is 0. The monoisotopic (exact) mass is 1590 g/mol. The van der Waals surface area contributed by atoms with Crippen LogP contribution in [-0.4, -0.2) is 59.8 Å². The number of anilines is 3. The summed E-state index contributed by atoms with van der Waals surface area (Å²) in [5.74, 6) is 0. The largest absolute Gasteiger partial charge is 0.355 e. The highest BCUT2D eigenvalue weighted by atomic mass is 15.1. The number of nitrogens with one attached hydrogen (secondary N) is 6. The Kier molecular flexibility index (Phi) is 19.8. The fourth-order valence-corrected chi connectivity index (χ4v) is 19.9. The molecule has 6 aliphatic heterocycles. The molecule has 0 saturated carbocycles. The van der Waals surface area contributed by atoms with Crippen LogP contribution in [0.25, 0.3) is 166 Å². The molecule has 9 aromatic heterocycles. The van der Waals surface area contributed by atoms with Crippen LogP contribution in [0.3, 0.4) is 0 Å². The summed E-state index contributed by atoms with van der Waals surface area (Å²) in [5.41, 5.74) is 62.4. The predicted octanol–water partition coefficient (Wildman–Crippen LogP) is 29.4. The van der Waals surface area contributed by atoms with Crippen LogP contribution >= 0.6 is 0 Å². The molecule has 0 unspecified atom stereocenters. The van der Waals surface area contributed by atoms with Gasteiger partial charge in [-0.1, -0.05) is 77.9 Å². The number of hydrogen-bond acceptors (Lipinski definition) is 7. The van der Waals surface area contributed by atoms with Crippen LogP contribution in [0.2, 0.25) is 0 Å². The summed E-state index contributed by atoms with van der Waals surface area (Å²) < 4.78 is 0. The van der Waals surface area contributed by atoms with E-state index in [4.69, 9.17) is 29.9 Å². The molecule has 6 aliphatic rings. The summed E-state index contributed by atoms with van der Waals surface area (Å²) in [7, 11) is 0. The van der Waals surface area contributed by atoms with E-state index in [2.05, 4.69) is 328 Å². The maximum absolute atomic E-state index is 5.72. The van der Waals surface area contributed by atoms with Gasteiger partial charge in [-0.15, -0.1) is 0 Å². The molecule has 608 valence electrons. The van der Waals surface area contributed by atoms with Crippen molar-refractivity contribution in [1.82, 2.24) is 59.8 Å². The van der Waals surface area contributed by atoms with Crippen LogP contribution in [0.5, 0.6) is 0 Å². The first-order valence-corrected chi connectivity index (χ1v) is 43.6. The molecule has 13 heteroatoms. The second kappa shape index (κ2) is 30.2. The fourth-order valence-electron chi connectivity index (χ4n) is 19.9. The van der Waals surface area contributed by atoms with Crippen LogP contribution in [-0.2, 0) is 19.3 Å². The van der Waals surface area contributed by atoms with Gasteiger partial charge in [-0.25, -0.2) is 29.9 Å². The molecule has 13 nitrogen and oxygen atoms in total. The third kappa shape index (κ3) is 12.8. The molecule has 0 aliphatic carbocycles. The van der Waals surface area contributed by atoms with Crippen LogP contribution in [0, 0.1) is 62.3 Å². The van der Waals surface area contributed by atoms with Gasteiger partial charge in [0.2, 0.25) is 0 Å². The second-order valence-corrected chi connectivity index (χ2v) is 34.4. The Morgan fingerprint density at radius 2 is 0.438 bits per heavy atom. The lowest BCUT2D eigenvalue weighted by molar-refractivity contribution is 1.14. The number of H-pyrrole nitrogens is 6. The molecule has 15 heterocycles. The van der Waals surface area contributed by atoms with Crippen molar-refractivity contribution >= 4 is 150 Å². The average Bonchev–Trinajstić information content (AvgIpc) is 1.64. The van der Waals surface area contributed by atoms with E-state index in [1.165, 1.54) is 100 Å². The Labute approximate surface area is 711 Å². The van der Waals surface area contributed by atoms with Gasteiger partial charge in [-0.05, 0) is 404 Å². The molecule has 6 N–H and O–H groups in total. The minimum Gasteiger partial charge on any atom is -0.355 e. The van der Waals surface area contributed by atoms with E-state index in [-0.39, 0.29) is 0 Å². The van der Waals surface area contributed by atoms with Crippen molar-refractivity contribution in [2.75, 3.05) is 4.90 Å². The van der Waals surface area contributed by atoms with E-state index < -0.39 is 0 Å². The number of nitrogens with zero attached hydrogens (tertiary/aromatic N) is 7. The molecule has 24 bridgehead atoms. The zero-order valence-electron chi connectivity index (χ0n) is 75.0. The van der Waals surface area contributed by atoms with E-state index >= 15 is 0 Å². The number of aromatic nitrogens is 12. The molecular formula is C108H111N13. The van der Waals surface area contributed by atoms with Gasteiger partial charge in [0.05, 0.1) is 84.9 Å². The Morgan fingerprint density at radius 3 is 0.669 bits per heavy atom. The highest BCUT2D eigenvalue weighted by Gasteiger charge is 2.30. The number of aryl methyl sites for hydroxylation is 12. The van der Waals surface area contributed by atoms with Crippen molar-refractivity contribution in [3.05, 3.63) is 262 Å². The highest BCUT2D eigenvalue weighted by Crippen LogP contribution is 2.49. The Morgan fingerprint density at radius 1 is 0.215 bits per heavy atom. The van der Waals surface area contributed by atoms with Crippen molar-refractivity contribution in [3.8, 4) is 33.4 Å². The predicted molar refractivity (Wildman–Crippen MR) is 515 cm³/mol. The molecule has 3 aromatic carbocycles. The Balaban J connectivity index is 0.868. The minimum atomic E-state index is 0.875. The van der Waals surface area contributed by atoms with E-state index in [0.29, 0.717) is 0 Å². The van der Waals surface area contributed by atoms with Crippen LogP contribution in [0.4, 0.5) is 17.1 Å². The minimum absolute atomic E-state index is 0.875. The van der Waals surface area contributed by atoms with Crippen LogP contribution in [0.15, 0.2) is 127 Å². The summed E-state index contributed by atoms with van der Waals surface area (Å²) in [6.07, 6.45) is 5.28. The van der Waals surface area contributed by atoms with Crippen molar-refractivity contribution in [2.45, 2.75) is 205 Å². The highest BCUT2D eigenvalue weighted by molar-refractivity contribution is 6.06. The van der Waals surface area contributed by atoms with Gasteiger partial charge in [0.1, 0.15) is 0 Å². The molecule has 0 saturated heterocycles. The van der Waals surface area contributed by atoms with Crippen molar-refractivity contribution in [3.63, 3.8) is 0 Å². The Hall–Kier alpha value is -12.7. The number of allylic oxidation sites excluding steroid dienone is 12. The first-order valence-electron chi connectivity index (χ1n) is 43.6. The summed E-state index contributed by atoms with van der Waals surface area (Å²) in [6.45, 7) is 53.7. The second-order valence-electron chi connectivity index (χ2n) is 34.4. The summed E-state index contributed by atoms with van der Waals surface area (Å²) in [6, 6.07) is 48.0. The molecule has 0 atom stereocenters. The third-order valence-corrected chi connectivity index (χ3v) is 28.3. The van der Waals surface area contributed by atoms with Gasteiger partial charge in [0.15, 0.2) is 0 Å². The van der Waals surface area contributed by atoms with Crippen molar-refractivity contribution in [2.24, 2.45) is 0 Å². The quantitative estimate of drug-likeness (QED) is 0.0706. The maximum Gasteiger partial charge on any atom is 0.0768 e. The topological polar surface area (TPSA) is 175 Å². The van der Waals surface area contributed by atoms with E-state index in [1.54, 1.807) is 0 Å². The lowest BCUT2D eigenvalue weighted by Gasteiger charge is -2.26. The zero-order valence-corrected chi connectivity index (χ0v) is 75.0. The number of hydrogen-bond donors (Lipinski definition) is 6. The van der Waals surface area contributed by atoms with Crippen LogP contribution in [0.1, 0.15) is 258 Å². The van der Waals surface area contributed by atoms with E-state index in [9.17, 15) is 0 Å². The fraction of sp³-hybridized carbons (Fsp3) is 0.278. The number of rotatable bonds is 12. The zero-order chi connectivity index (χ0) is 85.1. The molecule has 0 spiro atoms. The summed E-state index contributed by atoms with van der Waals surface area (Å²) in [4.78, 5) is 59.6. The normalized spacial score (nSPS) is 13.8.